The van der Waals surface area contributed by atoms with Gasteiger partial charge < -0.3 is 10.1 Å². The second-order valence-corrected chi connectivity index (χ2v) is 6.50. The summed E-state index contributed by atoms with van der Waals surface area (Å²) in [6.07, 6.45) is 0. The van der Waals surface area contributed by atoms with Gasteiger partial charge in [-0.1, -0.05) is 24.3 Å². The standard InChI is InChI=1S/C16H18N2O4S/c1-12-7-8-14(23(17,20)21)11-15(12)16(19)18-9-10-22-13-5-3-2-4-6-13/h2-8,11H,9-10H2,1H3,(H,18,19)(H2,17,20,21). The van der Waals surface area contributed by atoms with Crippen LogP contribution in [0.2, 0.25) is 0 Å². The molecule has 122 valence electrons. The van der Waals surface area contributed by atoms with E-state index in [1.165, 1.54) is 12.1 Å². The smallest absolute Gasteiger partial charge is 0.251 e. The number of carbonyl (C=O) groups is 1. The van der Waals surface area contributed by atoms with Gasteiger partial charge in [0.15, 0.2) is 0 Å². The summed E-state index contributed by atoms with van der Waals surface area (Å²) in [4.78, 5) is 12.1. The van der Waals surface area contributed by atoms with E-state index in [0.29, 0.717) is 24.5 Å². The molecular weight excluding hydrogens is 316 g/mol. The Labute approximate surface area is 135 Å². The summed E-state index contributed by atoms with van der Waals surface area (Å²) >= 11 is 0. The average molecular weight is 334 g/mol. The summed E-state index contributed by atoms with van der Waals surface area (Å²) < 4.78 is 28.2. The predicted molar refractivity (Wildman–Crippen MR) is 86.8 cm³/mol. The molecule has 0 aliphatic rings. The molecule has 2 aromatic carbocycles. The molecule has 0 aromatic heterocycles. The van der Waals surface area contributed by atoms with Crippen LogP contribution in [0.15, 0.2) is 53.4 Å². The predicted octanol–water partition coefficient (Wildman–Crippen LogP) is 1.45. The highest BCUT2D eigenvalue weighted by Gasteiger charge is 2.14. The number of aryl methyl sites for hydroxylation is 1. The molecule has 0 spiro atoms. The topological polar surface area (TPSA) is 98.5 Å². The summed E-state index contributed by atoms with van der Waals surface area (Å²) in [5.41, 5.74) is 0.940. The van der Waals surface area contributed by atoms with Crippen LogP contribution in [0.5, 0.6) is 5.75 Å². The van der Waals surface area contributed by atoms with E-state index in [0.717, 1.165) is 0 Å². The van der Waals surface area contributed by atoms with Crippen LogP contribution in [0.1, 0.15) is 15.9 Å². The van der Waals surface area contributed by atoms with Crippen LogP contribution in [0, 0.1) is 6.92 Å². The third-order valence-electron chi connectivity index (χ3n) is 3.18. The third-order valence-corrected chi connectivity index (χ3v) is 4.09. The molecule has 3 N–H and O–H groups in total. The highest BCUT2D eigenvalue weighted by molar-refractivity contribution is 7.89. The van der Waals surface area contributed by atoms with Gasteiger partial charge in [0.25, 0.3) is 5.91 Å². The first-order valence-corrected chi connectivity index (χ1v) is 8.52. The lowest BCUT2D eigenvalue weighted by molar-refractivity contribution is 0.0946. The molecule has 0 heterocycles. The fourth-order valence-corrected chi connectivity index (χ4v) is 2.51. The van der Waals surface area contributed by atoms with Gasteiger partial charge in [-0.3, -0.25) is 4.79 Å². The third kappa shape index (κ3) is 4.80. The minimum absolute atomic E-state index is 0.0891. The number of hydrogen-bond acceptors (Lipinski definition) is 4. The molecule has 23 heavy (non-hydrogen) atoms. The lowest BCUT2D eigenvalue weighted by Gasteiger charge is -2.10. The minimum Gasteiger partial charge on any atom is -0.492 e. The number of amides is 1. The van der Waals surface area contributed by atoms with E-state index in [9.17, 15) is 13.2 Å². The van der Waals surface area contributed by atoms with Gasteiger partial charge in [-0.05, 0) is 36.8 Å². The number of sulfonamides is 1. The van der Waals surface area contributed by atoms with Crippen molar-refractivity contribution in [1.29, 1.82) is 0 Å². The van der Waals surface area contributed by atoms with Crippen LogP contribution in [0.25, 0.3) is 0 Å². The zero-order valence-electron chi connectivity index (χ0n) is 12.7. The van der Waals surface area contributed by atoms with Crippen LogP contribution in [0.4, 0.5) is 0 Å². The highest BCUT2D eigenvalue weighted by atomic mass is 32.2. The lowest BCUT2D eigenvalue weighted by Crippen LogP contribution is -2.29. The highest BCUT2D eigenvalue weighted by Crippen LogP contribution is 2.14. The van der Waals surface area contributed by atoms with Crippen molar-refractivity contribution in [3.63, 3.8) is 0 Å². The Morgan fingerprint density at radius 2 is 1.87 bits per heavy atom. The number of rotatable bonds is 6. The second-order valence-electron chi connectivity index (χ2n) is 4.94. The molecule has 0 fully saturated rings. The number of benzene rings is 2. The van der Waals surface area contributed by atoms with Crippen LogP contribution in [0.3, 0.4) is 0 Å². The summed E-state index contributed by atoms with van der Waals surface area (Å²) in [5, 5.41) is 7.77. The minimum atomic E-state index is -3.84. The molecule has 0 aliphatic carbocycles. The first kappa shape index (κ1) is 17.0. The monoisotopic (exact) mass is 334 g/mol. The maximum atomic E-state index is 12.2. The molecule has 0 bridgehead atoms. The quantitative estimate of drug-likeness (QED) is 0.781. The zero-order valence-corrected chi connectivity index (χ0v) is 13.5. The van der Waals surface area contributed by atoms with E-state index in [2.05, 4.69) is 5.32 Å². The van der Waals surface area contributed by atoms with Crippen molar-refractivity contribution in [1.82, 2.24) is 5.32 Å². The number of nitrogens with one attached hydrogen (secondary N) is 1. The SMILES string of the molecule is Cc1ccc(S(N)(=O)=O)cc1C(=O)NCCOc1ccccc1. The fraction of sp³-hybridized carbons (Fsp3) is 0.188. The molecule has 2 rings (SSSR count). The Balaban J connectivity index is 1.95. The summed E-state index contributed by atoms with van der Waals surface area (Å²) in [5.74, 6) is 0.346. The summed E-state index contributed by atoms with van der Waals surface area (Å²) in [6.45, 7) is 2.33. The van der Waals surface area contributed by atoms with Gasteiger partial charge >= 0.3 is 0 Å². The molecule has 0 saturated carbocycles. The van der Waals surface area contributed by atoms with Crippen LogP contribution < -0.4 is 15.2 Å². The zero-order chi connectivity index (χ0) is 16.9. The van der Waals surface area contributed by atoms with E-state index in [1.54, 1.807) is 13.0 Å². The average Bonchev–Trinajstić information content (AvgIpc) is 2.51. The maximum absolute atomic E-state index is 12.2. The molecule has 6 nitrogen and oxygen atoms in total. The summed E-state index contributed by atoms with van der Waals surface area (Å²) in [6, 6.07) is 13.4. The molecule has 2 aromatic rings. The van der Waals surface area contributed by atoms with Gasteiger partial charge in [0.05, 0.1) is 11.4 Å². The number of primary sulfonamides is 1. The number of ether oxygens (including phenoxy) is 1. The van der Waals surface area contributed by atoms with Gasteiger partial charge in [-0.15, -0.1) is 0 Å². The van der Waals surface area contributed by atoms with E-state index >= 15 is 0 Å². The molecule has 0 radical (unpaired) electrons. The van der Waals surface area contributed by atoms with Crippen molar-refractivity contribution in [2.45, 2.75) is 11.8 Å². The second kappa shape index (κ2) is 7.26. The van der Waals surface area contributed by atoms with Crippen molar-refractivity contribution in [3.8, 4) is 5.75 Å². The number of para-hydroxylation sites is 1. The van der Waals surface area contributed by atoms with Crippen molar-refractivity contribution < 1.29 is 17.9 Å². The molecule has 0 saturated heterocycles. The normalized spacial score (nSPS) is 11.0. The van der Waals surface area contributed by atoms with Crippen LogP contribution >= 0.6 is 0 Å². The van der Waals surface area contributed by atoms with Crippen molar-refractivity contribution in [3.05, 3.63) is 59.7 Å². The number of carbonyl (C=O) groups excluding carboxylic acids is 1. The van der Waals surface area contributed by atoms with Gasteiger partial charge in [0, 0.05) is 5.56 Å². The lowest BCUT2D eigenvalue weighted by atomic mass is 10.1. The fourth-order valence-electron chi connectivity index (χ4n) is 1.97. The maximum Gasteiger partial charge on any atom is 0.251 e. The van der Waals surface area contributed by atoms with E-state index in [4.69, 9.17) is 9.88 Å². The number of nitrogens with two attached hydrogens (primary N) is 1. The van der Waals surface area contributed by atoms with Gasteiger partial charge in [0.1, 0.15) is 12.4 Å². The van der Waals surface area contributed by atoms with Crippen LogP contribution in [-0.4, -0.2) is 27.5 Å². The van der Waals surface area contributed by atoms with Gasteiger partial charge in [-0.25, -0.2) is 13.6 Å². The van der Waals surface area contributed by atoms with Crippen LogP contribution in [-0.2, 0) is 10.0 Å². The summed E-state index contributed by atoms with van der Waals surface area (Å²) in [7, 11) is -3.84. The number of hydrogen-bond donors (Lipinski definition) is 2. The van der Waals surface area contributed by atoms with Crippen molar-refractivity contribution >= 4 is 15.9 Å². The molecule has 1 amide bonds. The molecule has 0 aliphatic heterocycles. The van der Waals surface area contributed by atoms with Gasteiger partial charge in [-0.2, -0.15) is 0 Å². The van der Waals surface area contributed by atoms with E-state index < -0.39 is 10.0 Å². The Bertz CT molecular complexity index is 789. The Morgan fingerprint density at radius 1 is 1.17 bits per heavy atom. The Morgan fingerprint density at radius 3 is 2.52 bits per heavy atom. The van der Waals surface area contributed by atoms with Crippen molar-refractivity contribution in [2.75, 3.05) is 13.2 Å². The Hall–Kier alpha value is -2.38. The first-order chi connectivity index (χ1) is 10.9. The Kier molecular flexibility index (Phi) is 5.36. The molecule has 0 atom stereocenters. The molecular formula is C16H18N2O4S. The largest absolute Gasteiger partial charge is 0.492 e. The first-order valence-electron chi connectivity index (χ1n) is 6.97. The molecule has 0 unspecified atom stereocenters. The molecule has 7 heteroatoms. The van der Waals surface area contributed by atoms with Gasteiger partial charge in [0.2, 0.25) is 10.0 Å². The van der Waals surface area contributed by atoms with E-state index in [1.807, 2.05) is 30.3 Å². The van der Waals surface area contributed by atoms with E-state index in [-0.39, 0.29) is 16.4 Å². The van der Waals surface area contributed by atoms with Crippen molar-refractivity contribution in [2.24, 2.45) is 5.14 Å².